The summed E-state index contributed by atoms with van der Waals surface area (Å²) in [4.78, 5) is 11.3. The van der Waals surface area contributed by atoms with Crippen LogP contribution in [0.25, 0.3) is 0 Å². The summed E-state index contributed by atoms with van der Waals surface area (Å²) in [6.07, 6.45) is 1.42. The van der Waals surface area contributed by atoms with Gasteiger partial charge < -0.3 is 5.32 Å². The highest BCUT2D eigenvalue weighted by atomic mass is 35.5. The van der Waals surface area contributed by atoms with E-state index in [1.54, 1.807) is 0 Å². The zero-order chi connectivity index (χ0) is 10.8. The molecule has 0 saturated heterocycles. The predicted octanol–water partition coefficient (Wildman–Crippen LogP) is 3.39. The Morgan fingerprint density at radius 3 is 2.73 bits per heavy atom. The van der Waals surface area contributed by atoms with Gasteiger partial charge in [-0.25, -0.2) is 0 Å². The van der Waals surface area contributed by atoms with Gasteiger partial charge in [-0.1, -0.05) is 17.7 Å². The van der Waals surface area contributed by atoms with Gasteiger partial charge in [0.25, 0.3) is 0 Å². The van der Waals surface area contributed by atoms with Gasteiger partial charge in [-0.15, -0.1) is 0 Å². The summed E-state index contributed by atoms with van der Waals surface area (Å²) in [7, 11) is 0. The van der Waals surface area contributed by atoms with Gasteiger partial charge in [0.2, 0.25) is 0 Å². The molecule has 0 spiro atoms. The Hall–Kier alpha value is -1.28. The first kappa shape index (κ1) is 10.2. The first-order chi connectivity index (χ1) is 7.16. The molecule has 1 aromatic rings. The summed E-state index contributed by atoms with van der Waals surface area (Å²) in [5, 5.41) is 3.93. The third-order valence-corrected chi connectivity index (χ3v) is 2.83. The summed E-state index contributed by atoms with van der Waals surface area (Å²) in [6.45, 7) is 1.86. The zero-order valence-corrected chi connectivity index (χ0v) is 9.27. The lowest BCUT2D eigenvalue weighted by atomic mass is 10.2. The average Bonchev–Trinajstić information content (AvgIpc) is 2.50. The monoisotopic (exact) mass is 221 g/mol. The number of benzene rings is 1. The minimum Gasteiger partial charge on any atom is -0.359 e. The fourth-order valence-electron chi connectivity index (χ4n) is 1.68. The number of halogens is 1. The third-order valence-electron chi connectivity index (χ3n) is 2.59. The van der Waals surface area contributed by atoms with Crippen LogP contribution in [0.3, 0.4) is 0 Å². The maximum Gasteiger partial charge on any atom is 0.160 e. The Labute approximate surface area is 93.9 Å². The number of ketones is 1. The van der Waals surface area contributed by atoms with Gasteiger partial charge in [0, 0.05) is 28.4 Å². The van der Waals surface area contributed by atoms with E-state index < -0.39 is 0 Å². The number of carbonyl (C=O) groups is 1. The Balaban J connectivity index is 2.19. The van der Waals surface area contributed by atoms with Crippen molar-refractivity contribution >= 4 is 23.1 Å². The molecule has 0 radical (unpaired) electrons. The van der Waals surface area contributed by atoms with Crippen LogP contribution < -0.4 is 5.32 Å². The lowest BCUT2D eigenvalue weighted by Crippen LogP contribution is -1.99. The number of hydrogen-bond donors (Lipinski definition) is 1. The van der Waals surface area contributed by atoms with Crippen LogP contribution in [0, 0.1) is 0 Å². The normalized spacial score (nSPS) is 16.0. The number of carbonyl (C=O) groups excluding carboxylic acids is 1. The number of nitrogens with one attached hydrogen (secondary N) is 1. The highest BCUT2D eigenvalue weighted by Gasteiger charge is 2.18. The Morgan fingerprint density at radius 1 is 1.33 bits per heavy atom. The second-order valence-electron chi connectivity index (χ2n) is 3.66. The van der Waals surface area contributed by atoms with E-state index in [9.17, 15) is 4.79 Å². The predicted molar refractivity (Wildman–Crippen MR) is 62.0 cm³/mol. The van der Waals surface area contributed by atoms with Gasteiger partial charge in [-0.2, -0.15) is 0 Å². The van der Waals surface area contributed by atoms with Gasteiger partial charge in [0.15, 0.2) is 5.78 Å². The van der Waals surface area contributed by atoms with Crippen molar-refractivity contribution in [2.75, 3.05) is 5.32 Å². The minimum absolute atomic E-state index is 0.236. The number of anilines is 1. The van der Waals surface area contributed by atoms with Crippen molar-refractivity contribution in [3.63, 3.8) is 0 Å². The van der Waals surface area contributed by atoms with Crippen molar-refractivity contribution in [1.29, 1.82) is 0 Å². The molecule has 1 aromatic carbocycles. The quantitative estimate of drug-likeness (QED) is 0.830. The third kappa shape index (κ3) is 2.21. The molecule has 3 heteroatoms. The van der Waals surface area contributed by atoms with Crippen molar-refractivity contribution in [2.24, 2.45) is 0 Å². The summed E-state index contributed by atoms with van der Waals surface area (Å²) in [5.74, 6) is 0.236. The zero-order valence-electron chi connectivity index (χ0n) is 8.51. The van der Waals surface area contributed by atoms with E-state index in [-0.39, 0.29) is 5.78 Å². The number of rotatable bonds is 2. The van der Waals surface area contributed by atoms with Gasteiger partial charge in [-0.3, -0.25) is 4.79 Å². The van der Waals surface area contributed by atoms with Crippen LogP contribution in [0.15, 0.2) is 35.5 Å². The first-order valence-corrected chi connectivity index (χ1v) is 5.30. The van der Waals surface area contributed by atoms with Crippen LogP contribution in [0.2, 0.25) is 5.02 Å². The van der Waals surface area contributed by atoms with Gasteiger partial charge in [0.05, 0.1) is 0 Å². The molecule has 15 heavy (non-hydrogen) atoms. The first-order valence-electron chi connectivity index (χ1n) is 4.92. The second-order valence-corrected chi connectivity index (χ2v) is 4.10. The molecule has 0 unspecified atom stereocenters. The summed E-state index contributed by atoms with van der Waals surface area (Å²) >= 11 is 5.87. The average molecular weight is 222 g/mol. The van der Waals surface area contributed by atoms with Crippen LogP contribution in [-0.4, -0.2) is 5.78 Å². The van der Waals surface area contributed by atoms with Crippen molar-refractivity contribution in [1.82, 2.24) is 0 Å². The molecule has 2 nitrogen and oxygen atoms in total. The largest absolute Gasteiger partial charge is 0.359 e. The molecule has 1 aliphatic carbocycles. The molecular formula is C12H12ClNO. The standard InChI is InChI=1S/C12H12ClNO/c1-8-11(5-6-12(8)15)14-10-4-2-3-9(13)7-10/h2-4,7,14H,5-6H2,1H3. The number of Topliss-reactive ketones (excluding diaryl/α,β-unsaturated/α-hetero) is 1. The van der Waals surface area contributed by atoms with Gasteiger partial charge >= 0.3 is 0 Å². The molecular weight excluding hydrogens is 210 g/mol. The molecule has 0 fully saturated rings. The molecule has 0 aromatic heterocycles. The van der Waals surface area contributed by atoms with Crippen LogP contribution in [0.1, 0.15) is 19.8 Å². The smallest absolute Gasteiger partial charge is 0.160 e. The molecule has 1 aliphatic rings. The fraction of sp³-hybridized carbons (Fsp3) is 0.250. The van der Waals surface area contributed by atoms with Gasteiger partial charge in [-0.05, 0) is 31.5 Å². The highest BCUT2D eigenvalue weighted by Crippen LogP contribution is 2.25. The Morgan fingerprint density at radius 2 is 2.13 bits per heavy atom. The van der Waals surface area contributed by atoms with Crippen molar-refractivity contribution in [2.45, 2.75) is 19.8 Å². The Bertz CT molecular complexity index is 437. The lowest BCUT2D eigenvalue weighted by Gasteiger charge is -2.07. The molecule has 1 N–H and O–H groups in total. The molecule has 0 aliphatic heterocycles. The van der Waals surface area contributed by atoms with Crippen LogP contribution in [0.4, 0.5) is 5.69 Å². The topological polar surface area (TPSA) is 29.1 Å². The van der Waals surface area contributed by atoms with E-state index in [0.717, 1.165) is 23.4 Å². The SMILES string of the molecule is CC1=C(Nc2cccc(Cl)c2)CCC1=O. The van der Waals surface area contributed by atoms with Crippen LogP contribution in [-0.2, 0) is 4.79 Å². The summed E-state index contributed by atoms with van der Waals surface area (Å²) in [6, 6.07) is 7.50. The van der Waals surface area contributed by atoms with E-state index in [4.69, 9.17) is 11.6 Å². The second kappa shape index (κ2) is 4.07. The van der Waals surface area contributed by atoms with Crippen molar-refractivity contribution < 1.29 is 4.79 Å². The van der Waals surface area contributed by atoms with E-state index in [1.807, 2.05) is 31.2 Å². The molecule has 0 saturated carbocycles. The van der Waals surface area contributed by atoms with Crippen molar-refractivity contribution in [3.05, 3.63) is 40.6 Å². The molecule has 0 bridgehead atoms. The lowest BCUT2D eigenvalue weighted by molar-refractivity contribution is -0.114. The van der Waals surface area contributed by atoms with Gasteiger partial charge in [0.1, 0.15) is 0 Å². The van der Waals surface area contributed by atoms with E-state index in [2.05, 4.69) is 5.32 Å². The van der Waals surface area contributed by atoms with Crippen LogP contribution >= 0.6 is 11.6 Å². The maximum absolute atomic E-state index is 11.3. The maximum atomic E-state index is 11.3. The number of allylic oxidation sites excluding steroid dienone is 2. The van der Waals surface area contributed by atoms with E-state index in [1.165, 1.54) is 0 Å². The summed E-state index contributed by atoms with van der Waals surface area (Å²) < 4.78 is 0. The van der Waals surface area contributed by atoms with Crippen molar-refractivity contribution in [3.8, 4) is 0 Å². The van der Waals surface area contributed by atoms with Crippen LogP contribution in [0.5, 0.6) is 0 Å². The molecule has 2 rings (SSSR count). The molecule has 0 amide bonds. The van der Waals surface area contributed by atoms with E-state index >= 15 is 0 Å². The molecule has 0 heterocycles. The van der Waals surface area contributed by atoms with E-state index in [0.29, 0.717) is 11.4 Å². The Kier molecular flexibility index (Phi) is 2.78. The molecule has 78 valence electrons. The highest BCUT2D eigenvalue weighted by molar-refractivity contribution is 6.30. The minimum atomic E-state index is 0.236. The molecule has 0 atom stereocenters. The fourth-order valence-corrected chi connectivity index (χ4v) is 1.87. The summed E-state index contributed by atoms with van der Waals surface area (Å²) in [5.41, 5.74) is 2.80. The number of hydrogen-bond acceptors (Lipinski definition) is 2.